The lowest BCUT2D eigenvalue weighted by molar-refractivity contribution is 0.136. The smallest absolute Gasteiger partial charge is 0.108 e. The molecule has 3 rings (SSSR count). The zero-order valence-electron chi connectivity index (χ0n) is 12.0. The summed E-state index contributed by atoms with van der Waals surface area (Å²) in [5, 5.41) is 2.16. The maximum atomic E-state index is 5.77. The van der Waals surface area contributed by atoms with Crippen LogP contribution in [-0.2, 0) is 11.2 Å². The second kappa shape index (κ2) is 6.70. The third kappa shape index (κ3) is 3.23. The molecule has 0 fully saturated rings. The maximum Gasteiger partial charge on any atom is 0.108 e. The van der Waals surface area contributed by atoms with E-state index >= 15 is 0 Å². The molecule has 0 radical (unpaired) electrons. The number of thiophene rings is 1. The van der Waals surface area contributed by atoms with Gasteiger partial charge in [-0.05, 0) is 28.1 Å². The highest BCUT2D eigenvalue weighted by Crippen LogP contribution is 2.32. The first-order valence-corrected chi connectivity index (χ1v) is 7.94. The molecule has 0 saturated carbocycles. The van der Waals surface area contributed by atoms with Crippen molar-refractivity contribution in [1.29, 1.82) is 0 Å². The number of rotatable bonds is 5. The summed E-state index contributed by atoms with van der Waals surface area (Å²) in [6.07, 6.45) is 0.969. The molecule has 0 bridgehead atoms. The van der Waals surface area contributed by atoms with Crippen LogP contribution in [-0.4, -0.2) is 7.11 Å². The fourth-order valence-corrected chi connectivity index (χ4v) is 3.52. The van der Waals surface area contributed by atoms with E-state index in [-0.39, 0.29) is 6.10 Å². The standard InChI is InChI=1S/C19H18OS/c1-20-19(16-10-6-3-7-11-16)17-12-13-21-18(17)14-15-8-4-2-5-9-15/h2-13,19H,14H2,1H3. The van der Waals surface area contributed by atoms with Gasteiger partial charge in [0.2, 0.25) is 0 Å². The van der Waals surface area contributed by atoms with Gasteiger partial charge in [-0.25, -0.2) is 0 Å². The molecular weight excluding hydrogens is 276 g/mol. The van der Waals surface area contributed by atoms with Crippen LogP contribution >= 0.6 is 11.3 Å². The van der Waals surface area contributed by atoms with Crippen molar-refractivity contribution in [1.82, 2.24) is 0 Å². The first-order valence-electron chi connectivity index (χ1n) is 7.06. The molecule has 0 aliphatic carbocycles. The van der Waals surface area contributed by atoms with Gasteiger partial charge in [0.15, 0.2) is 0 Å². The summed E-state index contributed by atoms with van der Waals surface area (Å²) in [7, 11) is 1.78. The van der Waals surface area contributed by atoms with E-state index in [9.17, 15) is 0 Å². The van der Waals surface area contributed by atoms with E-state index in [1.807, 2.05) is 6.07 Å². The topological polar surface area (TPSA) is 9.23 Å². The molecule has 2 aromatic carbocycles. The van der Waals surface area contributed by atoms with Gasteiger partial charge in [0.05, 0.1) is 0 Å². The van der Waals surface area contributed by atoms with Crippen LogP contribution < -0.4 is 0 Å². The normalized spacial score (nSPS) is 12.2. The third-order valence-electron chi connectivity index (χ3n) is 3.61. The van der Waals surface area contributed by atoms with E-state index < -0.39 is 0 Å². The highest BCUT2D eigenvalue weighted by atomic mass is 32.1. The van der Waals surface area contributed by atoms with Gasteiger partial charge in [0, 0.05) is 18.4 Å². The van der Waals surface area contributed by atoms with Crippen molar-refractivity contribution in [3.63, 3.8) is 0 Å². The van der Waals surface area contributed by atoms with E-state index in [1.54, 1.807) is 18.4 Å². The Labute approximate surface area is 129 Å². The Bertz CT molecular complexity index is 673. The van der Waals surface area contributed by atoms with Crippen LogP contribution in [0.15, 0.2) is 72.1 Å². The molecule has 1 nitrogen and oxygen atoms in total. The summed E-state index contributed by atoms with van der Waals surface area (Å²) in [4.78, 5) is 1.37. The van der Waals surface area contributed by atoms with Gasteiger partial charge in [0.1, 0.15) is 6.10 Å². The number of methoxy groups -OCH3 is 1. The Hall–Kier alpha value is -1.90. The van der Waals surface area contributed by atoms with Gasteiger partial charge in [-0.2, -0.15) is 0 Å². The SMILES string of the molecule is COC(c1ccccc1)c1ccsc1Cc1ccccc1. The highest BCUT2D eigenvalue weighted by molar-refractivity contribution is 7.10. The quantitative estimate of drug-likeness (QED) is 0.638. The van der Waals surface area contributed by atoms with E-state index in [2.05, 4.69) is 66.0 Å². The Morgan fingerprint density at radius 3 is 2.24 bits per heavy atom. The molecule has 0 N–H and O–H groups in total. The molecule has 0 saturated heterocycles. The molecule has 0 aliphatic rings. The van der Waals surface area contributed by atoms with Crippen LogP contribution in [0.2, 0.25) is 0 Å². The lowest BCUT2D eigenvalue weighted by Crippen LogP contribution is -2.04. The minimum atomic E-state index is 0.0103. The van der Waals surface area contributed by atoms with E-state index in [0.717, 1.165) is 6.42 Å². The summed E-state index contributed by atoms with van der Waals surface area (Å²) in [5.41, 5.74) is 3.81. The Morgan fingerprint density at radius 2 is 1.57 bits per heavy atom. The minimum absolute atomic E-state index is 0.0103. The molecule has 0 aliphatic heterocycles. The van der Waals surface area contributed by atoms with Crippen molar-refractivity contribution in [3.8, 4) is 0 Å². The Morgan fingerprint density at radius 1 is 0.905 bits per heavy atom. The van der Waals surface area contributed by atoms with Gasteiger partial charge < -0.3 is 4.74 Å². The van der Waals surface area contributed by atoms with Crippen molar-refractivity contribution in [2.75, 3.05) is 7.11 Å². The van der Waals surface area contributed by atoms with Crippen molar-refractivity contribution in [2.24, 2.45) is 0 Å². The molecule has 1 heterocycles. The molecular formula is C19H18OS. The fraction of sp³-hybridized carbons (Fsp3) is 0.158. The Kier molecular flexibility index (Phi) is 4.49. The Balaban J connectivity index is 1.91. The number of hydrogen-bond donors (Lipinski definition) is 0. The summed E-state index contributed by atoms with van der Waals surface area (Å²) in [6, 6.07) is 23.2. The van der Waals surface area contributed by atoms with Crippen LogP contribution in [0.1, 0.15) is 27.7 Å². The number of hydrogen-bond acceptors (Lipinski definition) is 2. The molecule has 1 atom stereocenters. The van der Waals surface area contributed by atoms with Crippen molar-refractivity contribution in [3.05, 3.63) is 93.7 Å². The second-order valence-electron chi connectivity index (χ2n) is 4.99. The van der Waals surface area contributed by atoms with Crippen LogP contribution in [0.5, 0.6) is 0 Å². The third-order valence-corrected chi connectivity index (χ3v) is 4.54. The van der Waals surface area contributed by atoms with Crippen molar-refractivity contribution < 1.29 is 4.74 Å². The van der Waals surface area contributed by atoms with Crippen molar-refractivity contribution >= 4 is 11.3 Å². The molecule has 0 amide bonds. The van der Waals surface area contributed by atoms with E-state index in [1.165, 1.54) is 21.6 Å². The van der Waals surface area contributed by atoms with Gasteiger partial charge >= 0.3 is 0 Å². The summed E-state index contributed by atoms with van der Waals surface area (Å²) in [6.45, 7) is 0. The monoisotopic (exact) mass is 294 g/mol. The summed E-state index contributed by atoms with van der Waals surface area (Å²) in [5.74, 6) is 0. The summed E-state index contributed by atoms with van der Waals surface area (Å²) >= 11 is 1.80. The maximum absolute atomic E-state index is 5.77. The average molecular weight is 294 g/mol. The zero-order valence-corrected chi connectivity index (χ0v) is 12.8. The molecule has 0 spiro atoms. The number of ether oxygens (including phenoxy) is 1. The van der Waals surface area contributed by atoms with Gasteiger partial charge in [-0.3, -0.25) is 0 Å². The molecule has 21 heavy (non-hydrogen) atoms. The van der Waals surface area contributed by atoms with Gasteiger partial charge in [-0.15, -0.1) is 11.3 Å². The molecule has 3 aromatic rings. The highest BCUT2D eigenvalue weighted by Gasteiger charge is 2.18. The van der Waals surface area contributed by atoms with E-state index in [4.69, 9.17) is 4.74 Å². The second-order valence-corrected chi connectivity index (χ2v) is 5.99. The van der Waals surface area contributed by atoms with Crippen molar-refractivity contribution in [2.45, 2.75) is 12.5 Å². The molecule has 1 aromatic heterocycles. The lowest BCUT2D eigenvalue weighted by atomic mass is 9.99. The van der Waals surface area contributed by atoms with Gasteiger partial charge in [0.25, 0.3) is 0 Å². The lowest BCUT2D eigenvalue weighted by Gasteiger charge is -2.17. The average Bonchev–Trinajstić information content (AvgIpc) is 2.98. The van der Waals surface area contributed by atoms with E-state index in [0.29, 0.717) is 0 Å². The molecule has 2 heteroatoms. The zero-order chi connectivity index (χ0) is 14.5. The van der Waals surface area contributed by atoms with Crippen LogP contribution in [0.4, 0.5) is 0 Å². The minimum Gasteiger partial charge on any atom is -0.372 e. The fourth-order valence-electron chi connectivity index (χ4n) is 2.58. The summed E-state index contributed by atoms with van der Waals surface area (Å²) < 4.78 is 5.77. The predicted octanol–water partition coefficient (Wildman–Crippen LogP) is 5.07. The molecule has 106 valence electrons. The van der Waals surface area contributed by atoms with Crippen LogP contribution in [0.3, 0.4) is 0 Å². The molecule has 1 unspecified atom stereocenters. The predicted molar refractivity (Wildman–Crippen MR) is 88.9 cm³/mol. The van der Waals surface area contributed by atoms with Crippen LogP contribution in [0.25, 0.3) is 0 Å². The van der Waals surface area contributed by atoms with Gasteiger partial charge in [-0.1, -0.05) is 60.7 Å². The number of benzene rings is 2. The van der Waals surface area contributed by atoms with Crippen LogP contribution in [0, 0.1) is 0 Å². The first kappa shape index (κ1) is 14.1. The first-order chi connectivity index (χ1) is 10.4. The largest absolute Gasteiger partial charge is 0.372 e.